The lowest BCUT2D eigenvalue weighted by Crippen LogP contribution is -2.12. The maximum absolute atomic E-state index is 12.3. The van der Waals surface area contributed by atoms with Gasteiger partial charge in [0.15, 0.2) is 16.7 Å². The van der Waals surface area contributed by atoms with Gasteiger partial charge in [0.25, 0.3) is 0 Å². The van der Waals surface area contributed by atoms with Gasteiger partial charge in [-0.2, -0.15) is 5.10 Å². The molecule has 9 heteroatoms. The Morgan fingerprint density at radius 1 is 1.00 bits per heavy atom. The summed E-state index contributed by atoms with van der Waals surface area (Å²) in [5.74, 6) is 0.0733. The number of rotatable bonds is 7. The zero-order chi connectivity index (χ0) is 23.2. The number of aliphatic hydroxyl groups excluding tert-OH is 1. The van der Waals surface area contributed by atoms with E-state index in [1.54, 1.807) is 22.8 Å². The Labute approximate surface area is 200 Å². The van der Waals surface area contributed by atoms with Crippen LogP contribution in [0.5, 0.6) is 0 Å². The second kappa shape index (κ2) is 10.4. The van der Waals surface area contributed by atoms with Crippen molar-refractivity contribution in [3.63, 3.8) is 0 Å². The molecule has 0 saturated heterocycles. The molecule has 1 atom stereocenters. The molecule has 0 fully saturated rings. The molecular formula is C24H20ClN5O2S. The zero-order valence-electron chi connectivity index (χ0n) is 17.6. The van der Waals surface area contributed by atoms with Crippen LogP contribution in [0.15, 0.2) is 95.2 Å². The highest BCUT2D eigenvalue weighted by Crippen LogP contribution is 2.29. The van der Waals surface area contributed by atoms with Crippen molar-refractivity contribution < 1.29 is 9.90 Å². The van der Waals surface area contributed by atoms with E-state index in [2.05, 4.69) is 20.7 Å². The molecule has 0 aliphatic rings. The van der Waals surface area contributed by atoms with Crippen LogP contribution in [0.3, 0.4) is 0 Å². The van der Waals surface area contributed by atoms with E-state index in [1.807, 2.05) is 66.7 Å². The summed E-state index contributed by atoms with van der Waals surface area (Å²) in [5, 5.41) is 24.8. The van der Waals surface area contributed by atoms with E-state index in [0.717, 1.165) is 17.4 Å². The van der Waals surface area contributed by atoms with E-state index in [0.29, 0.717) is 27.3 Å². The molecule has 0 bridgehead atoms. The van der Waals surface area contributed by atoms with Crippen LogP contribution in [-0.4, -0.2) is 30.7 Å². The van der Waals surface area contributed by atoms with Gasteiger partial charge in [-0.1, -0.05) is 72.3 Å². The number of Topliss-reactive ketones (excluding diaryl/α,β-unsaturated/α-hetero) is 1. The summed E-state index contributed by atoms with van der Waals surface area (Å²) in [6.07, 6.45) is -1.01. The third-order valence-electron chi connectivity index (χ3n) is 4.67. The second-order valence-electron chi connectivity index (χ2n) is 6.99. The number of thioether (sulfide) groups is 1. The predicted molar refractivity (Wildman–Crippen MR) is 131 cm³/mol. The Morgan fingerprint density at radius 3 is 2.30 bits per heavy atom. The van der Waals surface area contributed by atoms with E-state index >= 15 is 0 Å². The van der Waals surface area contributed by atoms with Crippen LogP contribution in [0.1, 0.15) is 24.4 Å². The van der Waals surface area contributed by atoms with Gasteiger partial charge >= 0.3 is 0 Å². The van der Waals surface area contributed by atoms with Crippen LogP contribution in [-0.2, 0) is 4.79 Å². The molecule has 4 rings (SSSR count). The van der Waals surface area contributed by atoms with E-state index in [-0.39, 0.29) is 10.8 Å². The van der Waals surface area contributed by atoms with Gasteiger partial charge in [0.1, 0.15) is 6.10 Å². The van der Waals surface area contributed by atoms with E-state index in [1.165, 1.54) is 6.92 Å². The molecule has 0 aliphatic heterocycles. The molecule has 2 N–H and O–H groups in total. The van der Waals surface area contributed by atoms with Crippen molar-refractivity contribution in [2.24, 2.45) is 5.10 Å². The van der Waals surface area contributed by atoms with E-state index in [4.69, 9.17) is 11.6 Å². The number of hydrogen-bond donors (Lipinski definition) is 2. The minimum Gasteiger partial charge on any atom is -0.380 e. The monoisotopic (exact) mass is 477 g/mol. The summed E-state index contributed by atoms with van der Waals surface area (Å²) < 4.78 is 1.72. The molecule has 0 aliphatic carbocycles. The Kier molecular flexibility index (Phi) is 7.19. The van der Waals surface area contributed by atoms with Gasteiger partial charge in [-0.3, -0.25) is 14.8 Å². The van der Waals surface area contributed by atoms with Gasteiger partial charge in [-0.15, -0.1) is 10.2 Å². The van der Waals surface area contributed by atoms with Crippen LogP contribution in [0.25, 0.3) is 5.69 Å². The quantitative estimate of drug-likeness (QED) is 0.166. The number of carbonyl (C=O) groups excluding carboxylic acids is 1. The van der Waals surface area contributed by atoms with Crippen LogP contribution in [0, 0.1) is 0 Å². The van der Waals surface area contributed by atoms with Gasteiger partial charge in [-0.05, 0) is 41.6 Å². The lowest BCUT2D eigenvalue weighted by atomic mass is 10.1. The standard InChI is InChI=1S/C24H20ClN5O2S/c1-16(31)23(28-26-20-15-9-8-14-19(20)25)33-24-29-27-22(21(32)17-10-4-2-5-11-17)30(24)18-12-6-3-7-13-18/h2-15,21,26,32H,1H3/b28-23+/t21-/m1/s1. The highest BCUT2D eigenvalue weighted by atomic mass is 35.5. The number of halogens is 1. The summed E-state index contributed by atoms with van der Waals surface area (Å²) in [4.78, 5) is 12.3. The third kappa shape index (κ3) is 5.31. The molecular weight excluding hydrogens is 458 g/mol. The zero-order valence-corrected chi connectivity index (χ0v) is 19.2. The summed E-state index contributed by atoms with van der Waals surface area (Å²) in [5.41, 5.74) is 4.84. The lowest BCUT2D eigenvalue weighted by Gasteiger charge is -2.14. The fraction of sp³-hybridized carbons (Fsp3) is 0.0833. The summed E-state index contributed by atoms with van der Waals surface area (Å²) in [7, 11) is 0. The first-order chi connectivity index (χ1) is 16.0. The fourth-order valence-electron chi connectivity index (χ4n) is 3.05. The molecule has 1 aromatic heterocycles. The molecule has 0 saturated carbocycles. The number of carbonyl (C=O) groups is 1. The molecule has 0 radical (unpaired) electrons. The van der Waals surface area contributed by atoms with Crippen molar-refractivity contribution in [2.45, 2.75) is 18.2 Å². The number of anilines is 1. The highest BCUT2D eigenvalue weighted by molar-refractivity contribution is 8.15. The van der Waals surface area contributed by atoms with Gasteiger partial charge in [0.2, 0.25) is 5.16 Å². The summed E-state index contributed by atoms with van der Waals surface area (Å²) in [6.45, 7) is 1.42. The first kappa shape index (κ1) is 22.7. The Hall–Kier alpha value is -3.46. The largest absolute Gasteiger partial charge is 0.380 e. The number of para-hydroxylation sites is 2. The average molecular weight is 478 g/mol. The van der Waals surface area contributed by atoms with Gasteiger partial charge in [-0.25, -0.2) is 0 Å². The second-order valence-corrected chi connectivity index (χ2v) is 8.35. The van der Waals surface area contributed by atoms with Crippen LogP contribution >= 0.6 is 23.4 Å². The smallest absolute Gasteiger partial charge is 0.202 e. The normalized spacial score (nSPS) is 12.4. The van der Waals surface area contributed by atoms with Crippen molar-refractivity contribution in [3.05, 3.63) is 101 Å². The summed E-state index contributed by atoms with van der Waals surface area (Å²) >= 11 is 7.22. The van der Waals surface area contributed by atoms with E-state index < -0.39 is 6.10 Å². The molecule has 4 aromatic rings. The fourth-order valence-corrected chi connectivity index (χ4v) is 4.01. The molecule has 33 heavy (non-hydrogen) atoms. The molecule has 3 aromatic carbocycles. The van der Waals surface area contributed by atoms with Gasteiger partial charge < -0.3 is 5.11 Å². The maximum atomic E-state index is 12.3. The topological polar surface area (TPSA) is 92.4 Å². The van der Waals surface area contributed by atoms with Crippen molar-refractivity contribution in [3.8, 4) is 5.69 Å². The molecule has 0 unspecified atom stereocenters. The number of ketones is 1. The lowest BCUT2D eigenvalue weighted by molar-refractivity contribution is -0.110. The van der Waals surface area contributed by atoms with Crippen LogP contribution in [0.2, 0.25) is 5.02 Å². The molecule has 0 amide bonds. The molecule has 0 spiro atoms. The van der Waals surface area contributed by atoms with Gasteiger partial charge in [0.05, 0.1) is 10.7 Å². The van der Waals surface area contributed by atoms with Crippen LogP contribution in [0.4, 0.5) is 5.69 Å². The Morgan fingerprint density at radius 2 is 1.64 bits per heavy atom. The molecule has 7 nitrogen and oxygen atoms in total. The number of aromatic nitrogens is 3. The number of hydrazone groups is 1. The predicted octanol–water partition coefficient (Wildman–Crippen LogP) is 5.11. The minimum atomic E-state index is -1.01. The maximum Gasteiger partial charge on any atom is 0.202 e. The van der Waals surface area contributed by atoms with Crippen molar-refractivity contribution >= 4 is 39.9 Å². The van der Waals surface area contributed by atoms with Crippen molar-refractivity contribution in [2.75, 3.05) is 5.43 Å². The minimum absolute atomic E-state index is 0.167. The van der Waals surface area contributed by atoms with E-state index in [9.17, 15) is 9.90 Å². The average Bonchev–Trinajstić information content (AvgIpc) is 3.26. The highest BCUT2D eigenvalue weighted by Gasteiger charge is 2.24. The molecule has 166 valence electrons. The number of aliphatic hydroxyl groups is 1. The SMILES string of the molecule is CC(=O)/C(=N\Nc1ccccc1Cl)Sc1nnc([C@H](O)c2ccccc2)n1-c1ccccc1. The Bertz CT molecular complexity index is 1280. The third-order valence-corrected chi connectivity index (χ3v) is 6.02. The molecule has 1 heterocycles. The number of nitrogens with one attached hydrogen (secondary N) is 1. The number of benzene rings is 3. The first-order valence-electron chi connectivity index (χ1n) is 10.1. The number of nitrogens with zero attached hydrogens (tertiary/aromatic N) is 4. The number of hydrogen-bond acceptors (Lipinski definition) is 7. The first-order valence-corrected chi connectivity index (χ1v) is 11.2. The van der Waals surface area contributed by atoms with Crippen molar-refractivity contribution in [1.82, 2.24) is 14.8 Å². The van der Waals surface area contributed by atoms with Crippen LogP contribution < -0.4 is 5.43 Å². The summed E-state index contributed by atoms with van der Waals surface area (Å²) in [6, 6.07) is 25.7. The Balaban J connectivity index is 1.72. The van der Waals surface area contributed by atoms with Crippen molar-refractivity contribution in [1.29, 1.82) is 0 Å². The van der Waals surface area contributed by atoms with Gasteiger partial charge in [0, 0.05) is 12.6 Å².